The zero-order chi connectivity index (χ0) is 14.0. The Bertz CT molecular complexity index is 459. The molecule has 1 aliphatic rings. The van der Waals surface area contributed by atoms with Gasteiger partial charge in [0.2, 0.25) is 0 Å². The zero-order valence-corrected chi connectivity index (χ0v) is 11.8. The number of nitrogens with zero attached hydrogens (tertiary/aromatic N) is 2. The summed E-state index contributed by atoms with van der Waals surface area (Å²) in [5.41, 5.74) is 1.71. The maximum Gasteiger partial charge on any atom is 0.254 e. The van der Waals surface area contributed by atoms with Crippen molar-refractivity contribution in [1.29, 1.82) is 0 Å². The molecule has 4 nitrogen and oxygen atoms in total. The Morgan fingerprint density at radius 2 is 2.21 bits per heavy atom. The highest BCUT2D eigenvalue weighted by Gasteiger charge is 2.34. The lowest BCUT2D eigenvalue weighted by molar-refractivity contribution is 0.0648. The topological polar surface area (TPSA) is 43.8 Å². The second-order valence-electron chi connectivity index (χ2n) is 5.46. The number of aliphatic hydroxyl groups is 1. The lowest BCUT2D eigenvalue weighted by atomic mass is 10.0. The van der Waals surface area contributed by atoms with Gasteiger partial charge in [0.25, 0.3) is 5.91 Å². The first kappa shape index (κ1) is 13.9. The number of hydrogen-bond donors (Lipinski definition) is 1. The summed E-state index contributed by atoms with van der Waals surface area (Å²) in [4.78, 5) is 16.3. The predicted octanol–water partition coefficient (Wildman–Crippen LogP) is 1.60. The van der Waals surface area contributed by atoms with Gasteiger partial charge in [0.15, 0.2) is 0 Å². The molecule has 104 valence electrons. The maximum absolute atomic E-state index is 12.5. The largest absolute Gasteiger partial charge is 0.394 e. The van der Waals surface area contributed by atoms with E-state index in [9.17, 15) is 9.90 Å². The van der Waals surface area contributed by atoms with E-state index in [1.165, 1.54) is 0 Å². The molecule has 19 heavy (non-hydrogen) atoms. The molecule has 1 N–H and O–H groups in total. The first-order valence-corrected chi connectivity index (χ1v) is 6.73. The first-order chi connectivity index (χ1) is 9.04. The molecule has 1 aromatic carbocycles. The molecule has 2 atom stereocenters. The van der Waals surface area contributed by atoms with E-state index in [4.69, 9.17) is 0 Å². The Kier molecular flexibility index (Phi) is 4.10. The summed E-state index contributed by atoms with van der Waals surface area (Å²) >= 11 is 0. The molecule has 2 unspecified atom stereocenters. The Morgan fingerprint density at radius 3 is 2.84 bits per heavy atom. The number of aliphatic hydroxyl groups excluding tert-OH is 1. The lowest BCUT2D eigenvalue weighted by Gasteiger charge is -2.25. The second-order valence-corrected chi connectivity index (χ2v) is 5.46. The van der Waals surface area contributed by atoms with E-state index in [1.807, 2.05) is 43.3 Å². The Morgan fingerprint density at radius 1 is 1.47 bits per heavy atom. The third-order valence-electron chi connectivity index (χ3n) is 3.94. The van der Waals surface area contributed by atoms with Crippen molar-refractivity contribution in [2.75, 3.05) is 32.1 Å². The van der Waals surface area contributed by atoms with Crippen molar-refractivity contribution in [3.05, 3.63) is 29.8 Å². The summed E-state index contributed by atoms with van der Waals surface area (Å²) in [6.07, 6.45) is 0.963. The molecule has 1 aliphatic heterocycles. The van der Waals surface area contributed by atoms with Crippen molar-refractivity contribution in [1.82, 2.24) is 4.90 Å². The van der Waals surface area contributed by atoms with Gasteiger partial charge in [0, 0.05) is 31.9 Å². The van der Waals surface area contributed by atoms with Gasteiger partial charge in [0.1, 0.15) is 0 Å². The van der Waals surface area contributed by atoms with Crippen LogP contribution in [-0.2, 0) is 0 Å². The van der Waals surface area contributed by atoms with Gasteiger partial charge in [-0.1, -0.05) is 13.0 Å². The number of rotatable bonds is 3. The second kappa shape index (κ2) is 5.61. The van der Waals surface area contributed by atoms with Gasteiger partial charge < -0.3 is 14.9 Å². The fourth-order valence-corrected chi connectivity index (χ4v) is 2.62. The number of carbonyl (C=O) groups excluding carboxylic acids is 1. The molecule has 1 aromatic rings. The van der Waals surface area contributed by atoms with Crippen molar-refractivity contribution in [2.24, 2.45) is 5.92 Å². The Balaban J connectivity index is 2.22. The van der Waals surface area contributed by atoms with Crippen LogP contribution in [0.2, 0.25) is 0 Å². The number of anilines is 1. The highest BCUT2D eigenvalue weighted by molar-refractivity contribution is 5.95. The summed E-state index contributed by atoms with van der Waals surface area (Å²) in [7, 11) is 3.91. The molecule has 0 aromatic heterocycles. The van der Waals surface area contributed by atoms with Gasteiger partial charge in [-0.2, -0.15) is 0 Å². The molecule has 1 heterocycles. The van der Waals surface area contributed by atoms with Crippen LogP contribution in [0.4, 0.5) is 5.69 Å². The van der Waals surface area contributed by atoms with Crippen LogP contribution in [-0.4, -0.2) is 49.2 Å². The van der Waals surface area contributed by atoms with Crippen LogP contribution in [0, 0.1) is 5.92 Å². The van der Waals surface area contributed by atoms with Crippen LogP contribution >= 0.6 is 0 Å². The minimum absolute atomic E-state index is 0.0205. The summed E-state index contributed by atoms with van der Waals surface area (Å²) in [6.45, 7) is 2.86. The van der Waals surface area contributed by atoms with Crippen molar-refractivity contribution in [3.63, 3.8) is 0 Å². The smallest absolute Gasteiger partial charge is 0.254 e. The van der Waals surface area contributed by atoms with Gasteiger partial charge in [0.05, 0.1) is 12.6 Å². The Labute approximate surface area is 114 Å². The molecule has 2 rings (SSSR count). The van der Waals surface area contributed by atoms with E-state index in [0.717, 1.165) is 18.7 Å². The van der Waals surface area contributed by atoms with E-state index in [-0.39, 0.29) is 18.6 Å². The van der Waals surface area contributed by atoms with E-state index in [0.29, 0.717) is 11.5 Å². The molecule has 1 fully saturated rings. The molecule has 1 amide bonds. The lowest BCUT2D eigenvalue weighted by Crippen LogP contribution is -2.39. The molecule has 0 radical (unpaired) electrons. The van der Waals surface area contributed by atoms with E-state index in [2.05, 4.69) is 6.92 Å². The van der Waals surface area contributed by atoms with Crippen LogP contribution in [0.5, 0.6) is 0 Å². The molecule has 4 heteroatoms. The average molecular weight is 262 g/mol. The van der Waals surface area contributed by atoms with E-state index in [1.54, 1.807) is 4.90 Å². The third kappa shape index (κ3) is 2.73. The predicted molar refractivity (Wildman–Crippen MR) is 76.5 cm³/mol. The van der Waals surface area contributed by atoms with Gasteiger partial charge in [-0.15, -0.1) is 0 Å². The average Bonchev–Trinajstić information content (AvgIpc) is 2.79. The van der Waals surface area contributed by atoms with Crippen LogP contribution in [0.25, 0.3) is 0 Å². The van der Waals surface area contributed by atoms with Crippen molar-refractivity contribution < 1.29 is 9.90 Å². The summed E-state index contributed by atoms with van der Waals surface area (Å²) in [5.74, 6) is 0.387. The van der Waals surface area contributed by atoms with Gasteiger partial charge in [-0.3, -0.25) is 4.79 Å². The molecular formula is C15H22N2O2. The van der Waals surface area contributed by atoms with Gasteiger partial charge >= 0.3 is 0 Å². The molecule has 0 spiro atoms. The molecule has 1 saturated heterocycles. The maximum atomic E-state index is 12.5. The number of benzene rings is 1. The standard InChI is InChI=1S/C15H22N2O2/c1-11-7-8-17(14(11)10-18)15(19)12-5-4-6-13(9-12)16(2)3/h4-6,9,11,14,18H,7-8,10H2,1-3H3. The molecule has 0 saturated carbocycles. The van der Waals surface area contributed by atoms with Gasteiger partial charge in [-0.05, 0) is 30.5 Å². The SMILES string of the molecule is CC1CCN(C(=O)c2cccc(N(C)C)c2)C1CO. The highest BCUT2D eigenvalue weighted by Crippen LogP contribution is 2.26. The quantitative estimate of drug-likeness (QED) is 0.899. The fourth-order valence-electron chi connectivity index (χ4n) is 2.62. The number of carbonyl (C=O) groups is 1. The Hall–Kier alpha value is -1.55. The fraction of sp³-hybridized carbons (Fsp3) is 0.533. The van der Waals surface area contributed by atoms with Gasteiger partial charge in [-0.25, -0.2) is 0 Å². The molecular weight excluding hydrogens is 240 g/mol. The summed E-state index contributed by atoms with van der Waals surface area (Å²) < 4.78 is 0. The highest BCUT2D eigenvalue weighted by atomic mass is 16.3. The monoisotopic (exact) mass is 262 g/mol. The summed E-state index contributed by atoms with van der Waals surface area (Å²) in [6, 6.07) is 7.57. The minimum Gasteiger partial charge on any atom is -0.394 e. The normalized spacial score (nSPS) is 22.6. The zero-order valence-electron chi connectivity index (χ0n) is 11.8. The van der Waals surface area contributed by atoms with E-state index < -0.39 is 0 Å². The third-order valence-corrected chi connectivity index (χ3v) is 3.94. The molecule has 0 bridgehead atoms. The van der Waals surface area contributed by atoms with Crippen LogP contribution in [0.15, 0.2) is 24.3 Å². The summed E-state index contributed by atoms with van der Waals surface area (Å²) in [5, 5.41) is 9.44. The van der Waals surface area contributed by atoms with Crippen molar-refractivity contribution in [3.8, 4) is 0 Å². The first-order valence-electron chi connectivity index (χ1n) is 6.73. The number of likely N-dealkylation sites (tertiary alicyclic amines) is 1. The van der Waals surface area contributed by atoms with Crippen LogP contribution in [0.3, 0.4) is 0 Å². The van der Waals surface area contributed by atoms with E-state index >= 15 is 0 Å². The van der Waals surface area contributed by atoms with Crippen molar-refractivity contribution in [2.45, 2.75) is 19.4 Å². The van der Waals surface area contributed by atoms with Crippen LogP contribution < -0.4 is 4.90 Å². The molecule has 0 aliphatic carbocycles. The number of hydrogen-bond acceptors (Lipinski definition) is 3. The minimum atomic E-state index is -0.0458. The van der Waals surface area contributed by atoms with Crippen LogP contribution in [0.1, 0.15) is 23.7 Å². The number of amides is 1. The van der Waals surface area contributed by atoms with Crippen molar-refractivity contribution >= 4 is 11.6 Å².